The van der Waals surface area contributed by atoms with E-state index in [-0.39, 0.29) is 25.2 Å². The number of fused-ring (bicyclic) bond motifs is 2. The fourth-order valence-electron chi connectivity index (χ4n) is 4.55. The van der Waals surface area contributed by atoms with Gasteiger partial charge in [0.05, 0.1) is 13.7 Å². The highest BCUT2D eigenvalue weighted by atomic mass is 16.7. The summed E-state index contributed by atoms with van der Waals surface area (Å²) in [7, 11) is 3.59. The summed E-state index contributed by atoms with van der Waals surface area (Å²) in [5.74, 6) is 2.30. The number of ether oxygens (including phenoxy) is 3. The highest BCUT2D eigenvalue weighted by Gasteiger charge is 2.20. The summed E-state index contributed by atoms with van der Waals surface area (Å²) in [5.41, 5.74) is 4.42. The maximum atomic E-state index is 12.9. The Bertz CT molecular complexity index is 1320. The Labute approximate surface area is 204 Å². The van der Waals surface area contributed by atoms with Crippen molar-refractivity contribution >= 4 is 16.8 Å². The zero-order valence-corrected chi connectivity index (χ0v) is 19.9. The van der Waals surface area contributed by atoms with Crippen molar-refractivity contribution < 1.29 is 19.0 Å². The van der Waals surface area contributed by atoms with Gasteiger partial charge in [0.2, 0.25) is 12.7 Å². The molecular formula is C28H29N3O4. The molecule has 0 bridgehead atoms. The van der Waals surface area contributed by atoms with Crippen LogP contribution in [0.25, 0.3) is 10.9 Å². The molecular weight excluding hydrogens is 442 g/mol. The number of H-pyrrole nitrogens is 1. The van der Waals surface area contributed by atoms with Crippen LogP contribution in [0.5, 0.6) is 17.2 Å². The van der Waals surface area contributed by atoms with Gasteiger partial charge in [0.1, 0.15) is 5.75 Å². The lowest BCUT2D eigenvalue weighted by atomic mass is 9.90. The third-order valence-corrected chi connectivity index (χ3v) is 6.32. The SMILES string of the molecule is COc1ccc(C(CNC(=O)CN(C)Cc2ccc3c(c2)OCO3)c2c[nH]c3ccccc23)cc1. The number of methoxy groups -OCH3 is 1. The largest absolute Gasteiger partial charge is 0.497 e. The maximum absolute atomic E-state index is 12.9. The Morgan fingerprint density at radius 1 is 1.09 bits per heavy atom. The van der Waals surface area contributed by atoms with Crippen molar-refractivity contribution in [3.63, 3.8) is 0 Å². The topological polar surface area (TPSA) is 75.8 Å². The number of hydrogen-bond donors (Lipinski definition) is 2. The number of hydrogen-bond acceptors (Lipinski definition) is 5. The van der Waals surface area contributed by atoms with Gasteiger partial charge in [-0.05, 0) is 54.1 Å². The zero-order chi connectivity index (χ0) is 24.2. The molecule has 0 radical (unpaired) electrons. The quantitative estimate of drug-likeness (QED) is 0.381. The molecule has 1 aromatic heterocycles. The van der Waals surface area contributed by atoms with Crippen molar-refractivity contribution in [2.45, 2.75) is 12.5 Å². The summed E-state index contributed by atoms with van der Waals surface area (Å²) in [6.45, 7) is 1.67. The van der Waals surface area contributed by atoms with Crippen LogP contribution in [0.2, 0.25) is 0 Å². The minimum absolute atomic E-state index is 0.000159. The Morgan fingerprint density at radius 2 is 1.89 bits per heavy atom. The fraction of sp³-hybridized carbons (Fsp3) is 0.250. The molecule has 1 atom stereocenters. The number of rotatable bonds is 9. The predicted octanol–water partition coefficient (Wildman–Crippen LogP) is 4.29. The Morgan fingerprint density at radius 3 is 2.71 bits per heavy atom. The van der Waals surface area contributed by atoms with Gasteiger partial charge >= 0.3 is 0 Å². The Hall–Kier alpha value is -3.97. The van der Waals surface area contributed by atoms with Crippen molar-refractivity contribution in [1.82, 2.24) is 15.2 Å². The summed E-state index contributed by atoms with van der Waals surface area (Å²) in [5, 5.41) is 4.31. The first-order valence-corrected chi connectivity index (χ1v) is 11.6. The van der Waals surface area contributed by atoms with E-state index < -0.39 is 0 Å². The summed E-state index contributed by atoms with van der Waals surface area (Å²) in [6.07, 6.45) is 2.04. The second-order valence-corrected chi connectivity index (χ2v) is 8.78. The molecule has 2 N–H and O–H groups in total. The van der Waals surface area contributed by atoms with E-state index >= 15 is 0 Å². The molecule has 0 aliphatic carbocycles. The van der Waals surface area contributed by atoms with Gasteiger partial charge in [-0.2, -0.15) is 0 Å². The van der Waals surface area contributed by atoms with Crippen LogP contribution in [-0.2, 0) is 11.3 Å². The Kier molecular flexibility index (Phi) is 6.59. The van der Waals surface area contributed by atoms with Crippen molar-refractivity contribution in [2.75, 3.05) is 34.0 Å². The molecule has 1 amide bonds. The van der Waals surface area contributed by atoms with Crippen LogP contribution in [0.4, 0.5) is 0 Å². The van der Waals surface area contributed by atoms with Gasteiger partial charge in [0.15, 0.2) is 11.5 Å². The summed E-state index contributed by atoms with van der Waals surface area (Å²) < 4.78 is 16.2. The van der Waals surface area contributed by atoms with E-state index in [1.807, 2.05) is 60.6 Å². The molecule has 180 valence electrons. The number of aromatic nitrogens is 1. The Balaban J connectivity index is 1.27. The summed E-state index contributed by atoms with van der Waals surface area (Å²) >= 11 is 0. The highest BCUT2D eigenvalue weighted by molar-refractivity contribution is 5.84. The second kappa shape index (κ2) is 10.1. The van der Waals surface area contributed by atoms with E-state index in [0.717, 1.165) is 44.8 Å². The van der Waals surface area contributed by atoms with Crippen LogP contribution >= 0.6 is 0 Å². The molecule has 1 aliphatic rings. The number of aromatic amines is 1. The molecule has 1 aliphatic heterocycles. The smallest absolute Gasteiger partial charge is 0.234 e. The van der Waals surface area contributed by atoms with Gasteiger partial charge in [-0.1, -0.05) is 36.4 Å². The van der Waals surface area contributed by atoms with Crippen molar-refractivity contribution in [3.05, 3.63) is 89.6 Å². The minimum Gasteiger partial charge on any atom is -0.497 e. The molecule has 3 aromatic carbocycles. The van der Waals surface area contributed by atoms with Crippen LogP contribution in [-0.4, -0.2) is 49.8 Å². The predicted molar refractivity (Wildman–Crippen MR) is 135 cm³/mol. The van der Waals surface area contributed by atoms with E-state index in [4.69, 9.17) is 14.2 Å². The average Bonchev–Trinajstić information content (AvgIpc) is 3.51. The molecule has 7 nitrogen and oxygen atoms in total. The normalized spacial score (nSPS) is 13.2. The molecule has 0 fully saturated rings. The number of nitrogens with zero attached hydrogens (tertiary/aromatic N) is 1. The number of carbonyl (C=O) groups is 1. The average molecular weight is 472 g/mol. The number of amides is 1. The van der Waals surface area contributed by atoms with E-state index in [2.05, 4.69) is 34.6 Å². The zero-order valence-electron chi connectivity index (χ0n) is 19.9. The highest BCUT2D eigenvalue weighted by Crippen LogP contribution is 2.33. The van der Waals surface area contributed by atoms with Gasteiger partial charge in [-0.25, -0.2) is 0 Å². The molecule has 35 heavy (non-hydrogen) atoms. The third kappa shape index (κ3) is 5.10. The summed E-state index contributed by atoms with van der Waals surface area (Å²) in [6, 6.07) is 22.1. The van der Waals surface area contributed by atoms with Gasteiger partial charge in [-0.15, -0.1) is 0 Å². The lowest BCUT2D eigenvalue weighted by Crippen LogP contribution is -2.37. The fourth-order valence-corrected chi connectivity index (χ4v) is 4.55. The van der Waals surface area contributed by atoms with Crippen LogP contribution in [0.1, 0.15) is 22.6 Å². The lowest BCUT2D eigenvalue weighted by Gasteiger charge is -2.21. The van der Waals surface area contributed by atoms with Crippen molar-refractivity contribution in [2.24, 2.45) is 0 Å². The van der Waals surface area contributed by atoms with E-state index in [0.29, 0.717) is 13.1 Å². The molecule has 0 spiro atoms. The number of nitrogens with one attached hydrogen (secondary N) is 2. The minimum atomic E-state index is -0.0217. The van der Waals surface area contributed by atoms with Gasteiger partial charge < -0.3 is 24.5 Å². The monoisotopic (exact) mass is 471 g/mol. The maximum Gasteiger partial charge on any atom is 0.234 e. The van der Waals surface area contributed by atoms with Crippen LogP contribution in [0.3, 0.4) is 0 Å². The molecule has 4 aromatic rings. The van der Waals surface area contributed by atoms with Crippen molar-refractivity contribution in [3.8, 4) is 17.2 Å². The van der Waals surface area contributed by atoms with Crippen LogP contribution in [0, 0.1) is 0 Å². The first-order chi connectivity index (χ1) is 17.1. The van der Waals surface area contributed by atoms with Gasteiger partial charge in [-0.3, -0.25) is 9.69 Å². The van der Waals surface area contributed by atoms with Gasteiger partial charge in [0.25, 0.3) is 0 Å². The second-order valence-electron chi connectivity index (χ2n) is 8.78. The lowest BCUT2D eigenvalue weighted by molar-refractivity contribution is -0.122. The number of benzene rings is 3. The van der Waals surface area contributed by atoms with Crippen molar-refractivity contribution in [1.29, 1.82) is 0 Å². The standard InChI is InChI=1S/C28H29N3O4/c1-31(16-19-7-12-26-27(13-19)35-18-34-26)17-28(32)30-14-23(20-8-10-21(33-2)11-9-20)24-15-29-25-6-4-3-5-22(24)25/h3-13,15,23,29H,14,16-18H2,1-2H3,(H,30,32). The molecule has 1 unspecified atom stereocenters. The molecule has 0 saturated heterocycles. The third-order valence-electron chi connectivity index (χ3n) is 6.32. The molecule has 0 saturated carbocycles. The van der Waals surface area contributed by atoms with E-state index in [1.54, 1.807) is 7.11 Å². The molecule has 7 heteroatoms. The number of para-hydroxylation sites is 1. The van der Waals surface area contributed by atoms with Crippen LogP contribution < -0.4 is 19.5 Å². The van der Waals surface area contributed by atoms with E-state index in [9.17, 15) is 4.79 Å². The number of likely N-dealkylation sites (N-methyl/N-ethyl adjacent to an activating group) is 1. The summed E-state index contributed by atoms with van der Waals surface area (Å²) in [4.78, 5) is 18.2. The first-order valence-electron chi connectivity index (χ1n) is 11.6. The van der Waals surface area contributed by atoms with Crippen LogP contribution in [0.15, 0.2) is 72.9 Å². The molecule has 2 heterocycles. The molecule has 5 rings (SSSR count). The van der Waals surface area contributed by atoms with Gasteiger partial charge in [0, 0.05) is 36.1 Å². The first kappa shape index (κ1) is 22.8. The van der Waals surface area contributed by atoms with E-state index in [1.165, 1.54) is 0 Å². The number of carbonyl (C=O) groups excluding carboxylic acids is 1.